The first-order valence-electron chi connectivity index (χ1n) is 6.11. The van der Waals surface area contributed by atoms with Crippen molar-refractivity contribution in [3.63, 3.8) is 0 Å². The van der Waals surface area contributed by atoms with Crippen molar-refractivity contribution < 1.29 is 4.74 Å². The first-order chi connectivity index (χ1) is 7.72. The van der Waals surface area contributed by atoms with Gasteiger partial charge in [0.2, 0.25) is 0 Å². The van der Waals surface area contributed by atoms with Crippen LogP contribution in [-0.4, -0.2) is 19.2 Å². The lowest BCUT2D eigenvalue weighted by molar-refractivity contribution is 0.396. The Hall–Kier alpha value is -1.02. The molecule has 1 aromatic rings. The lowest BCUT2D eigenvalue weighted by Crippen LogP contribution is -2.32. The monoisotopic (exact) mass is 219 g/mol. The summed E-state index contributed by atoms with van der Waals surface area (Å²) < 4.78 is 5.41. The number of nitrogens with one attached hydrogen (secondary N) is 1. The Morgan fingerprint density at radius 2 is 1.94 bits per heavy atom. The molecule has 0 bridgehead atoms. The fraction of sp³-hybridized carbons (Fsp3) is 0.571. The van der Waals surface area contributed by atoms with Crippen molar-refractivity contribution in [3.8, 4) is 5.75 Å². The van der Waals surface area contributed by atoms with Gasteiger partial charge < -0.3 is 10.1 Å². The fourth-order valence-electron chi connectivity index (χ4n) is 2.08. The fourth-order valence-corrected chi connectivity index (χ4v) is 2.08. The molecule has 1 aliphatic rings. The Morgan fingerprint density at radius 1 is 1.25 bits per heavy atom. The maximum absolute atomic E-state index is 5.41. The van der Waals surface area contributed by atoms with Crippen molar-refractivity contribution in [1.29, 1.82) is 0 Å². The van der Waals surface area contributed by atoms with E-state index in [4.69, 9.17) is 4.74 Å². The van der Waals surface area contributed by atoms with Gasteiger partial charge in [-0.05, 0) is 37.3 Å². The topological polar surface area (TPSA) is 21.3 Å². The van der Waals surface area contributed by atoms with E-state index in [1.807, 2.05) is 12.1 Å². The zero-order chi connectivity index (χ0) is 11.5. The van der Waals surface area contributed by atoms with Crippen LogP contribution in [0, 0.1) is 0 Å². The summed E-state index contributed by atoms with van der Waals surface area (Å²) in [5.74, 6) is 1.48. The molecule has 0 aromatic heterocycles. The smallest absolute Gasteiger partial charge is 0.122 e. The number of benzene rings is 1. The lowest BCUT2D eigenvalue weighted by atomic mass is 9.93. The zero-order valence-corrected chi connectivity index (χ0v) is 10.4. The van der Waals surface area contributed by atoms with E-state index in [-0.39, 0.29) is 0 Å². The summed E-state index contributed by atoms with van der Waals surface area (Å²) in [6.07, 6.45) is 2.67. The Morgan fingerprint density at radius 3 is 2.56 bits per heavy atom. The number of hydrogen-bond acceptors (Lipinski definition) is 2. The molecule has 1 saturated carbocycles. The quantitative estimate of drug-likeness (QED) is 0.822. The minimum absolute atomic E-state index is 0.483. The van der Waals surface area contributed by atoms with Crippen molar-refractivity contribution in [3.05, 3.63) is 29.8 Å². The molecular formula is C14H21NO. The third kappa shape index (κ3) is 2.56. The second-order valence-corrected chi connectivity index (χ2v) is 4.76. The molecule has 1 N–H and O–H groups in total. The van der Waals surface area contributed by atoms with E-state index in [1.54, 1.807) is 7.11 Å². The van der Waals surface area contributed by atoms with Crippen molar-refractivity contribution in [2.75, 3.05) is 7.11 Å². The molecule has 2 atom stereocenters. The largest absolute Gasteiger partial charge is 0.496 e. The third-order valence-electron chi connectivity index (χ3n) is 3.46. The van der Waals surface area contributed by atoms with Gasteiger partial charge in [-0.25, -0.2) is 0 Å². The van der Waals surface area contributed by atoms with Crippen LogP contribution in [-0.2, 0) is 0 Å². The Kier molecular flexibility index (Phi) is 3.49. The van der Waals surface area contributed by atoms with Crippen molar-refractivity contribution >= 4 is 0 Å². The summed E-state index contributed by atoms with van der Waals surface area (Å²) in [6.45, 7) is 4.52. The molecule has 0 amide bonds. The van der Waals surface area contributed by atoms with E-state index < -0.39 is 0 Å². The molecule has 1 fully saturated rings. The summed E-state index contributed by atoms with van der Waals surface area (Å²) in [7, 11) is 1.74. The summed E-state index contributed by atoms with van der Waals surface area (Å²) in [4.78, 5) is 0. The number of rotatable bonds is 5. The van der Waals surface area contributed by atoms with E-state index in [2.05, 4.69) is 31.3 Å². The minimum Gasteiger partial charge on any atom is -0.496 e. The molecule has 0 aliphatic heterocycles. The van der Waals surface area contributed by atoms with Crippen molar-refractivity contribution in [2.45, 2.75) is 44.7 Å². The number of ether oxygens (including phenoxy) is 1. The third-order valence-corrected chi connectivity index (χ3v) is 3.46. The molecular weight excluding hydrogens is 198 g/mol. The highest BCUT2D eigenvalue weighted by atomic mass is 16.5. The average Bonchev–Trinajstić information content (AvgIpc) is 3.11. The van der Waals surface area contributed by atoms with Crippen LogP contribution >= 0.6 is 0 Å². The molecule has 16 heavy (non-hydrogen) atoms. The molecule has 2 unspecified atom stereocenters. The first-order valence-corrected chi connectivity index (χ1v) is 6.11. The van der Waals surface area contributed by atoms with Crippen LogP contribution in [0.15, 0.2) is 24.3 Å². The molecule has 1 aliphatic carbocycles. The Balaban J connectivity index is 2.08. The SMILES string of the molecule is COc1ccccc1C(C)C(C)NC1CC1. The number of hydrogen-bond donors (Lipinski definition) is 1. The number of methoxy groups -OCH3 is 1. The lowest BCUT2D eigenvalue weighted by Gasteiger charge is -2.23. The number of para-hydroxylation sites is 1. The van der Waals surface area contributed by atoms with Gasteiger partial charge in [-0.1, -0.05) is 25.1 Å². The van der Waals surface area contributed by atoms with E-state index in [1.165, 1.54) is 18.4 Å². The van der Waals surface area contributed by atoms with E-state index in [0.717, 1.165) is 11.8 Å². The average molecular weight is 219 g/mol. The van der Waals surface area contributed by atoms with Gasteiger partial charge in [0, 0.05) is 12.1 Å². The van der Waals surface area contributed by atoms with Crippen molar-refractivity contribution in [1.82, 2.24) is 5.32 Å². The normalized spacial score (nSPS) is 19.2. The van der Waals surface area contributed by atoms with Crippen LogP contribution in [0.4, 0.5) is 0 Å². The van der Waals surface area contributed by atoms with Gasteiger partial charge in [-0.3, -0.25) is 0 Å². The van der Waals surface area contributed by atoms with Gasteiger partial charge in [0.15, 0.2) is 0 Å². The predicted octanol–water partition coefficient (Wildman–Crippen LogP) is 2.94. The summed E-state index contributed by atoms with van der Waals surface area (Å²) in [5, 5.41) is 3.65. The van der Waals surface area contributed by atoms with Gasteiger partial charge >= 0.3 is 0 Å². The summed E-state index contributed by atoms with van der Waals surface area (Å²) in [5.41, 5.74) is 1.30. The Labute approximate surface area is 98.0 Å². The van der Waals surface area contributed by atoms with E-state index in [0.29, 0.717) is 12.0 Å². The molecule has 1 aromatic carbocycles. The second-order valence-electron chi connectivity index (χ2n) is 4.76. The van der Waals surface area contributed by atoms with Crippen LogP contribution in [0.3, 0.4) is 0 Å². The van der Waals surface area contributed by atoms with Crippen LogP contribution in [0.25, 0.3) is 0 Å². The molecule has 0 radical (unpaired) electrons. The molecule has 0 heterocycles. The highest BCUT2D eigenvalue weighted by Gasteiger charge is 2.26. The van der Waals surface area contributed by atoms with Crippen molar-refractivity contribution in [2.24, 2.45) is 0 Å². The maximum Gasteiger partial charge on any atom is 0.122 e. The molecule has 88 valence electrons. The van der Waals surface area contributed by atoms with Gasteiger partial charge in [-0.15, -0.1) is 0 Å². The first kappa shape index (κ1) is 11.5. The minimum atomic E-state index is 0.483. The molecule has 2 heteroatoms. The van der Waals surface area contributed by atoms with E-state index in [9.17, 15) is 0 Å². The predicted molar refractivity (Wildman–Crippen MR) is 67.0 cm³/mol. The summed E-state index contributed by atoms with van der Waals surface area (Å²) in [6, 6.07) is 9.56. The summed E-state index contributed by atoms with van der Waals surface area (Å²) >= 11 is 0. The molecule has 2 nitrogen and oxygen atoms in total. The zero-order valence-electron chi connectivity index (χ0n) is 10.4. The van der Waals surface area contributed by atoms with Crippen LogP contribution in [0.1, 0.15) is 38.2 Å². The second kappa shape index (κ2) is 4.88. The Bertz CT molecular complexity index is 346. The van der Waals surface area contributed by atoms with Crippen LogP contribution < -0.4 is 10.1 Å². The van der Waals surface area contributed by atoms with Crippen LogP contribution in [0.5, 0.6) is 5.75 Å². The molecule has 2 rings (SSSR count). The van der Waals surface area contributed by atoms with E-state index >= 15 is 0 Å². The van der Waals surface area contributed by atoms with Gasteiger partial charge in [0.1, 0.15) is 5.75 Å². The highest BCUT2D eigenvalue weighted by molar-refractivity contribution is 5.36. The van der Waals surface area contributed by atoms with Gasteiger partial charge in [-0.2, -0.15) is 0 Å². The maximum atomic E-state index is 5.41. The molecule has 0 spiro atoms. The molecule has 0 saturated heterocycles. The van der Waals surface area contributed by atoms with Gasteiger partial charge in [0.25, 0.3) is 0 Å². The van der Waals surface area contributed by atoms with Crippen LogP contribution in [0.2, 0.25) is 0 Å². The van der Waals surface area contributed by atoms with Gasteiger partial charge in [0.05, 0.1) is 7.11 Å². The highest BCUT2D eigenvalue weighted by Crippen LogP contribution is 2.30. The standard InChI is InChI=1S/C14H21NO/c1-10(11(2)15-12-8-9-12)13-6-4-5-7-14(13)16-3/h4-7,10-12,15H,8-9H2,1-3H3.